The first-order valence-electron chi connectivity index (χ1n) is 20.8. The maximum absolute atomic E-state index is 13.8. The summed E-state index contributed by atoms with van der Waals surface area (Å²) in [7, 11) is 0. The molecule has 0 radical (unpaired) electrons. The molecule has 0 saturated carbocycles. The zero-order valence-corrected chi connectivity index (χ0v) is 39.4. The molecule has 2 fully saturated rings. The van der Waals surface area contributed by atoms with Crippen LogP contribution in [0.1, 0.15) is 125 Å². The first-order chi connectivity index (χ1) is 27.5. The van der Waals surface area contributed by atoms with E-state index < -0.39 is 136 Å². The van der Waals surface area contributed by atoms with Crippen LogP contribution in [0.5, 0.6) is 0 Å². The molecule has 346 valence electrons. The second-order valence-electron chi connectivity index (χ2n) is 22.3. The third-order valence-corrected chi connectivity index (χ3v) is 9.95. The summed E-state index contributed by atoms with van der Waals surface area (Å²) in [6, 6.07) is 0. The molecule has 0 aromatic heterocycles. The minimum Gasteiger partial charge on any atom is -0.462 e. The largest absolute Gasteiger partial charge is 0.462 e. The number of fused-ring (bicyclic) bond motifs is 1. The molecular formula is C45H70O16. The van der Waals surface area contributed by atoms with Crippen molar-refractivity contribution in [2.45, 2.75) is 174 Å². The third kappa shape index (κ3) is 13.1. The number of hydrogen-bond donors (Lipinski definition) is 0. The van der Waals surface area contributed by atoms with Crippen LogP contribution in [0.2, 0.25) is 0 Å². The smallest absolute Gasteiger partial charge is 0.311 e. The molecule has 2 aliphatic heterocycles. The van der Waals surface area contributed by atoms with Crippen LogP contribution in [-0.4, -0.2) is 105 Å². The average Bonchev–Trinajstić information content (AvgIpc) is 3.63. The van der Waals surface area contributed by atoms with Crippen molar-refractivity contribution in [3.8, 4) is 0 Å². The van der Waals surface area contributed by atoms with Crippen molar-refractivity contribution in [2.24, 2.45) is 44.3 Å². The number of rotatable bonds is 11. The van der Waals surface area contributed by atoms with E-state index in [1.807, 2.05) is 0 Å². The van der Waals surface area contributed by atoms with Gasteiger partial charge in [0.2, 0.25) is 6.29 Å². The van der Waals surface area contributed by atoms with Crippen LogP contribution >= 0.6 is 0 Å². The number of carbonyl (C=O) groups excluding carboxylic acids is 7. The van der Waals surface area contributed by atoms with Crippen LogP contribution in [0.25, 0.3) is 0 Å². The standard InChI is InChI=1S/C45H70O16/c1-40(2,3)34(47)53-21-23-19-24(57-36(49)42(7,8)9)28-25(20-46)55-32(27(23)28)61-33-31(60-39(52)45(16,17)18)30(59-38(51)44(13,14)15)29(58-37(50)43(10,11)12)26(56-33)22-54-35(48)41(4,5)6/h19-20,24-33H,21-22H2,1-18H3/t24-,25-,26-,27-,28-,29-,30+,31-,32+,33+/m1/s1. The molecule has 61 heavy (non-hydrogen) atoms. The summed E-state index contributed by atoms with van der Waals surface area (Å²) in [6.45, 7) is 28.7. The fourth-order valence-electron chi connectivity index (χ4n) is 6.06. The van der Waals surface area contributed by atoms with Crippen LogP contribution in [0.4, 0.5) is 0 Å². The van der Waals surface area contributed by atoms with Gasteiger partial charge in [-0.3, -0.25) is 28.8 Å². The molecule has 0 bridgehead atoms. The topological polar surface area (TPSA) is 203 Å². The van der Waals surface area contributed by atoms with Crippen LogP contribution in [-0.2, 0) is 76.2 Å². The zero-order valence-electron chi connectivity index (χ0n) is 39.4. The SMILES string of the molecule is CC(C)(C)C(=O)OCC1=C[C@@H](OC(=O)C(C)(C)C)[C@H]2[C@@H]1[C@H](O[C@@H]1O[C@H](COC(=O)C(C)(C)C)[C@@H](OC(=O)C(C)(C)C)[C@H](OC(=O)C(C)(C)C)[C@H]1OC(=O)C(C)(C)C)O[C@@H]2C=O. The summed E-state index contributed by atoms with van der Waals surface area (Å²) in [5.41, 5.74) is -5.67. The van der Waals surface area contributed by atoms with Crippen molar-refractivity contribution in [1.82, 2.24) is 0 Å². The Morgan fingerprint density at radius 3 is 1.38 bits per heavy atom. The Kier molecular flexibility index (Phi) is 15.6. The molecule has 16 heteroatoms. The fourth-order valence-corrected chi connectivity index (χ4v) is 6.06. The summed E-state index contributed by atoms with van der Waals surface area (Å²) in [6.07, 6.45) is -9.43. The monoisotopic (exact) mass is 866 g/mol. The van der Waals surface area contributed by atoms with E-state index in [2.05, 4.69) is 0 Å². The highest BCUT2D eigenvalue weighted by molar-refractivity contribution is 5.78. The lowest BCUT2D eigenvalue weighted by atomic mass is 9.88. The maximum Gasteiger partial charge on any atom is 0.311 e. The molecule has 2 saturated heterocycles. The lowest BCUT2D eigenvalue weighted by Crippen LogP contribution is -2.64. The van der Waals surface area contributed by atoms with E-state index in [1.54, 1.807) is 131 Å². The Balaban J connectivity index is 2.25. The summed E-state index contributed by atoms with van der Waals surface area (Å²) in [5.74, 6) is -5.77. The van der Waals surface area contributed by atoms with E-state index in [0.29, 0.717) is 11.9 Å². The molecule has 16 nitrogen and oxygen atoms in total. The van der Waals surface area contributed by atoms with Gasteiger partial charge in [0.25, 0.3) is 0 Å². The van der Waals surface area contributed by atoms with E-state index in [-0.39, 0.29) is 6.61 Å². The highest BCUT2D eigenvalue weighted by Gasteiger charge is 2.60. The Morgan fingerprint density at radius 2 is 0.934 bits per heavy atom. The van der Waals surface area contributed by atoms with Crippen LogP contribution in [0, 0.1) is 44.3 Å². The molecule has 3 rings (SSSR count). The van der Waals surface area contributed by atoms with Gasteiger partial charge in [-0.15, -0.1) is 0 Å². The molecule has 0 aromatic carbocycles. The Hall–Kier alpha value is -3.89. The normalized spacial score (nSPS) is 28.5. The number of hydrogen-bond acceptors (Lipinski definition) is 16. The van der Waals surface area contributed by atoms with Crippen LogP contribution in [0.15, 0.2) is 11.6 Å². The van der Waals surface area contributed by atoms with Gasteiger partial charge in [0.05, 0.1) is 32.5 Å². The Bertz CT molecular complexity index is 1690. The van der Waals surface area contributed by atoms with Gasteiger partial charge in [-0.1, -0.05) is 0 Å². The first kappa shape index (κ1) is 51.5. The third-order valence-electron chi connectivity index (χ3n) is 9.95. The number of ether oxygens (including phenoxy) is 9. The number of esters is 6. The second kappa shape index (κ2) is 18.4. The van der Waals surface area contributed by atoms with Gasteiger partial charge < -0.3 is 47.4 Å². The zero-order chi connectivity index (χ0) is 47.0. The van der Waals surface area contributed by atoms with Gasteiger partial charge in [0, 0.05) is 11.8 Å². The molecule has 10 atom stereocenters. The Labute approximate surface area is 360 Å². The summed E-state index contributed by atoms with van der Waals surface area (Å²) in [4.78, 5) is 93.3. The predicted octanol–water partition coefficient (Wildman–Crippen LogP) is 5.83. The van der Waals surface area contributed by atoms with Gasteiger partial charge in [0.15, 0.2) is 24.6 Å². The molecule has 2 heterocycles. The van der Waals surface area contributed by atoms with Crippen molar-refractivity contribution in [1.29, 1.82) is 0 Å². The average molecular weight is 867 g/mol. The fraction of sp³-hybridized carbons (Fsp3) is 0.800. The summed E-state index contributed by atoms with van der Waals surface area (Å²) < 4.78 is 54.9. The molecule has 0 spiro atoms. The number of carbonyl (C=O) groups is 7. The minimum absolute atomic E-state index is 0.286. The highest BCUT2D eigenvalue weighted by atomic mass is 16.8. The van der Waals surface area contributed by atoms with E-state index in [4.69, 9.17) is 42.6 Å². The molecular weight excluding hydrogens is 796 g/mol. The molecule has 0 amide bonds. The van der Waals surface area contributed by atoms with Crippen molar-refractivity contribution in [2.75, 3.05) is 13.2 Å². The van der Waals surface area contributed by atoms with Crippen LogP contribution < -0.4 is 0 Å². The molecule has 1 aliphatic carbocycles. The van der Waals surface area contributed by atoms with E-state index in [0.717, 1.165) is 0 Å². The van der Waals surface area contributed by atoms with E-state index in [1.165, 1.54) is 0 Å². The van der Waals surface area contributed by atoms with Gasteiger partial charge in [-0.25, -0.2) is 0 Å². The first-order valence-corrected chi connectivity index (χ1v) is 20.8. The maximum atomic E-state index is 13.8. The van der Waals surface area contributed by atoms with Gasteiger partial charge in [-0.2, -0.15) is 0 Å². The Morgan fingerprint density at radius 1 is 0.525 bits per heavy atom. The molecule has 0 unspecified atom stereocenters. The van der Waals surface area contributed by atoms with E-state index >= 15 is 0 Å². The van der Waals surface area contributed by atoms with Gasteiger partial charge in [-0.05, 0) is 136 Å². The lowest BCUT2D eigenvalue weighted by Gasteiger charge is -2.46. The molecule has 0 N–H and O–H groups in total. The van der Waals surface area contributed by atoms with Gasteiger partial charge in [0.1, 0.15) is 37.8 Å². The molecule has 0 aromatic rings. The highest BCUT2D eigenvalue weighted by Crippen LogP contribution is 2.48. The van der Waals surface area contributed by atoms with Crippen molar-refractivity contribution in [3.63, 3.8) is 0 Å². The van der Waals surface area contributed by atoms with Crippen LogP contribution in [0.3, 0.4) is 0 Å². The minimum atomic E-state index is -1.71. The van der Waals surface area contributed by atoms with E-state index in [9.17, 15) is 33.6 Å². The number of aldehydes is 1. The van der Waals surface area contributed by atoms with Crippen molar-refractivity contribution < 1.29 is 76.2 Å². The summed E-state index contributed by atoms with van der Waals surface area (Å²) >= 11 is 0. The summed E-state index contributed by atoms with van der Waals surface area (Å²) in [5, 5.41) is 0. The van der Waals surface area contributed by atoms with Crippen molar-refractivity contribution in [3.05, 3.63) is 11.6 Å². The predicted molar refractivity (Wildman–Crippen MR) is 218 cm³/mol. The molecule has 3 aliphatic rings. The van der Waals surface area contributed by atoms with Crippen molar-refractivity contribution >= 4 is 42.1 Å². The van der Waals surface area contributed by atoms with Gasteiger partial charge >= 0.3 is 35.8 Å². The quantitative estimate of drug-likeness (QED) is 0.104. The second-order valence-corrected chi connectivity index (χ2v) is 22.3. The lowest BCUT2D eigenvalue weighted by molar-refractivity contribution is -0.342.